The van der Waals surface area contributed by atoms with Crippen LogP contribution in [0.4, 0.5) is 10.1 Å². The molecule has 1 aliphatic rings. The SMILES string of the molecule is O=C(Nc1ccc(-c2nc(Cc3ccc(F)cc3)n[nH]2)cc1)c1cccc(CN2CCS(=O)(=O)CC2)c1. The molecule has 1 saturated heterocycles. The lowest BCUT2D eigenvalue weighted by atomic mass is 10.1. The maximum Gasteiger partial charge on any atom is 0.255 e. The predicted octanol–water partition coefficient (Wildman–Crippen LogP) is 3.68. The van der Waals surface area contributed by atoms with E-state index in [1.165, 1.54) is 12.1 Å². The Labute approximate surface area is 214 Å². The first kappa shape index (κ1) is 24.8. The summed E-state index contributed by atoms with van der Waals surface area (Å²) in [5.41, 5.74) is 3.88. The van der Waals surface area contributed by atoms with Crippen LogP contribution < -0.4 is 5.32 Å². The number of sulfone groups is 1. The number of nitrogens with one attached hydrogen (secondary N) is 2. The van der Waals surface area contributed by atoms with Gasteiger partial charge in [0.25, 0.3) is 5.91 Å². The standard InChI is InChI=1S/C27H26FN5O3S/c28-23-8-4-19(5-9-23)17-25-30-26(32-31-25)21-6-10-24(11-7-21)29-27(34)22-3-1-2-20(16-22)18-33-12-14-37(35,36)15-13-33/h1-11,16H,12-15,17-18H2,(H,29,34)(H,30,31,32). The second kappa shape index (κ2) is 10.6. The molecule has 4 aromatic rings. The summed E-state index contributed by atoms with van der Waals surface area (Å²) in [6.45, 7) is 1.61. The van der Waals surface area contributed by atoms with Gasteiger partial charge in [-0.05, 0) is 59.7 Å². The van der Waals surface area contributed by atoms with Gasteiger partial charge in [0.15, 0.2) is 21.5 Å². The van der Waals surface area contributed by atoms with Gasteiger partial charge in [0, 0.05) is 42.9 Å². The lowest BCUT2D eigenvalue weighted by molar-refractivity contribution is 0.102. The lowest BCUT2D eigenvalue weighted by Crippen LogP contribution is -2.39. The van der Waals surface area contributed by atoms with Crippen molar-refractivity contribution in [1.82, 2.24) is 20.1 Å². The Morgan fingerprint density at radius 2 is 1.70 bits per heavy atom. The van der Waals surface area contributed by atoms with Gasteiger partial charge in [-0.2, -0.15) is 5.10 Å². The molecule has 37 heavy (non-hydrogen) atoms. The van der Waals surface area contributed by atoms with E-state index in [9.17, 15) is 17.6 Å². The minimum absolute atomic E-state index is 0.173. The Bertz CT molecular complexity index is 1490. The van der Waals surface area contributed by atoms with Crippen molar-refractivity contribution >= 4 is 21.4 Å². The van der Waals surface area contributed by atoms with Crippen LogP contribution >= 0.6 is 0 Å². The van der Waals surface area contributed by atoms with E-state index in [1.54, 1.807) is 30.3 Å². The third-order valence-corrected chi connectivity index (χ3v) is 7.86. The van der Waals surface area contributed by atoms with Crippen molar-refractivity contribution in [2.24, 2.45) is 0 Å². The van der Waals surface area contributed by atoms with Crippen LogP contribution in [-0.2, 0) is 22.8 Å². The van der Waals surface area contributed by atoms with Crippen LogP contribution in [0.3, 0.4) is 0 Å². The molecular formula is C27H26FN5O3S. The zero-order valence-corrected chi connectivity index (χ0v) is 20.8. The molecule has 0 atom stereocenters. The lowest BCUT2D eigenvalue weighted by Gasteiger charge is -2.26. The van der Waals surface area contributed by atoms with Gasteiger partial charge < -0.3 is 5.32 Å². The zero-order valence-electron chi connectivity index (χ0n) is 20.0. The van der Waals surface area contributed by atoms with Gasteiger partial charge in [0.1, 0.15) is 5.82 Å². The number of nitrogens with zero attached hydrogens (tertiary/aromatic N) is 3. The Kier molecular flexibility index (Phi) is 7.11. The molecule has 0 unspecified atom stereocenters. The van der Waals surface area contributed by atoms with E-state index < -0.39 is 9.84 Å². The van der Waals surface area contributed by atoms with E-state index in [0.29, 0.717) is 49.0 Å². The van der Waals surface area contributed by atoms with Crippen LogP contribution in [0, 0.1) is 5.82 Å². The number of carbonyl (C=O) groups excluding carboxylic acids is 1. The number of rotatable bonds is 7. The van der Waals surface area contributed by atoms with Crippen molar-refractivity contribution in [3.8, 4) is 11.4 Å². The van der Waals surface area contributed by atoms with Crippen molar-refractivity contribution < 1.29 is 17.6 Å². The van der Waals surface area contributed by atoms with Gasteiger partial charge in [0.2, 0.25) is 0 Å². The smallest absolute Gasteiger partial charge is 0.255 e. The third-order valence-electron chi connectivity index (χ3n) is 6.26. The van der Waals surface area contributed by atoms with E-state index in [2.05, 4.69) is 25.4 Å². The Morgan fingerprint density at radius 3 is 2.43 bits per heavy atom. The average Bonchev–Trinajstić information content (AvgIpc) is 3.36. The molecule has 2 N–H and O–H groups in total. The second-order valence-corrected chi connectivity index (χ2v) is 11.4. The minimum atomic E-state index is -2.92. The minimum Gasteiger partial charge on any atom is -0.322 e. The summed E-state index contributed by atoms with van der Waals surface area (Å²) in [6.07, 6.45) is 0.487. The van der Waals surface area contributed by atoms with Crippen molar-refractivity contribution in [2.75, 3.05) is 29.9 Å². The number of hydrogen-bond donors (Lipinski definition) is 2. The van der Waals surface area contributed by atoms with Gasteiger partial charge in [-0.1, -0.05) is 24.3 Å². The first-order valence-electron chi connectivity index (χ1n) is 11.9. The molecule has 0 radical (unpaired) electrons. The van der Waals surface area contributed by atoms with E-state index in [0.717, 1.165) is 16.7 Å². The summed E-state index contributed by atoms with van der Waals surface area (Å²) >= 11 is 0. The number of aromatic nitrogens is 3. The molecule has 2 heterocycles. The van der Waals surface area contributed by atoms with E-state index in [-0.39, 0.29) is 23.2 Å². The molecule has 1 aliphatic heterocycles. The summed E-state index contributed by atoms with van der Waals surface area (Å²) in [7, 11) is -2.92. The van der Waals surface area contributed by atoms with Crippen LogP contribution in [0.5, 0.6) is 0 Å². The molecule has 3 aromatic carbocycles. The van der Waals surface area contributed by atoms with Crippen molar-refractivity contribution in [3.63, 3.8) is 0 Å². The van der Waals surface area contributed by atoms with Crippen molar-refractivity contribution in [1.29, 1.82) is 0 Å². The Balaban J connectivity index is 1.19. The topological polar surface area (TPSA) is 108 Å². The number of aromatic amines is 1. The highest BCUT2D eigenvalue weighted by Crippen LogP contribution is 2.20. The molecular weight excluding hydrogens is 493 g/mol. The molecule has 1 amide bonds. The van der Waals surface area contributed by atoms with Gasteiger partial charge in [-0.15, -0.1) is 0 Å². The molecule has 190 valence electrons. The van der Waals surface area contributed by atoms with Crippen LogP contribution in [0.1, 0.15) is 27.3 Å². The maximum absolute atomic E-state index is 13.1. The first-order valence-corrected chi connectivity index (χ1v) is 13.7. The number of anilines is 1. The van der Waals surface area contributed by atoms with Crippen LogP contribution in [0.2, 0.25) is 0 Å². The number of hydrogen-bond acceptors (Lipinski definition) is 6. The van der Waals surface area contributed by atoms with E-state index in [4.69, 9.17) is 0 Å². The fourth-order valence-electron chi connectivity index (χ4n) is 4.18. The summed E-state index contributed by atoms with van der Waals surface area (Å²) < 4.78 is 36.4. The van der Waals surface area contributed by atoms with E-state index in [1.807, 2.05) is 30.3 Å². The first-order chi connectivity index (χ1) is 17.8. The van der Waals surface area contributed by atoms with Crippen LogP contribution in [-0.4, -0.2) is 59.0 Å². The molecule has 5 rings (SSSR count). The number of carbonyl (C=O) groups is 1. The van der Waals surface area contributed by atoms with Crippen LogP contribution in [0.25, 0.3) is 11.4 Å². The molecule has 1 fully saturated rings. The predicted molar refractivity (Wildman–Crippen MR) is 139 cm³/mol. The van der Waals surface area contributed by atoms with Gasteiger partial charge >= 0.3 is 0 Å². The number of benzene rings is 3. The number of amides is 1. The molecule has 0 saturated carbocycles. The molecule has 0 spiro atoms. The van der Waals surface area contributed by atoms with Crippen LogP contribution in [0.15, 0.2) is 72.8 Å². The normalized spacial score (nSPS) is 15.4. The Morgan fingerprint density at radius 1 is 0.973 bits per heavy atom. The highest BCUT2D eigenvalue weighted by molar-refractivity contribution is 7.91. The van der Waals surface area contributed by atoms with Gasteiger partial charge in [0.05, 0.1) is 11.5 Å². The molecule has 10 heteroatoms. The Hall–Kier alpha value is -3.89. The summed E-state index contributed by atoms with van der Waals surface area (Å²) in [5, 5.41) is 10.1. The largest absolute Gasteiger partial charge is 0.322 e. The fraction of sp³-hybridized carbons (Fsp3) is 0.222. The molecule has 0 aliphatic carbocycles. The summed E-state index contributed by atoms with van der Waals surface area (Å²) in [4.78, 5) is 19.4. The van der Waals surface area contributed by atoms with Crippen molar-refractivity contribution in [2.45, 2.75) is 13.0 Å². The van der Waals surface area contributed by atoms with Gasteiger partial charge in [-0.25, -0.2) is 17.8 Å². The molecule has 1 aromatic heterocycles. The third kappa shape index (κ3) is 6.46. The van der Waals surface area contributed by atoms with E-state index >= 15 is 0 Å². The average molecular weight is 520 g/mol. The fourth-order valence-corrected chi connectivity index (χ4v) is 5.46. The highest BCUT2D eigenvalue weighted by Gasteiger charge is 2.21. The monoisotopic (exact) mass is 519 g/mol. The molecule has 0 bridgehead atoms. The summed E-state index contributed by atoms with van der Waals surface area (Å²) in [5.74, 6) is 1.05. The quantitative estimate of drug-likeness (QED) is 0.386. The highest BCUT2D eigenvalue weighted by atomic mass is 32.2. The van der Waals surface area contributed by atoms with Gasteiger partial charge in [-0.3, -0.25) is 14.8 Å². The van der Waals surface area contributed by atoms with Crippen molar-refractivity contribution in [3.05, 3.63) is 101 Å². The number of halogens is 1. The number of H-pyrrole nitrogens is 1. The molecule has 8 nitrogen and oxygen atoms in total. The maximum atomic E-state index is 13.1. The zero-order chi connectivity index (χ0) is 25.8. The summed E-state index contributed by atoms with van der Waals surface area (Å²) in [6, 6.07) is 20.9. The second-order valence-electron chi connectivity index (χ2n) is 9.06.